The zero-order chi connectivity index (χ0) is 12.8. The van der Waals surface area contributed by atoms with Crippen LogP contribution in [0.5, 0.6) is 5.75 Å². The normalized spacial score (nSPS) is 11.3. The van der Waals surface area contributed by atoms with E-state index in [0.717, 1.165) is 12.1 Å². The second kappa shape index (κ2) is 5.82. The molecule has 0 saturated carbocycles. The minimum atomic E-state index is -0.383. The van der Waals surface area contributed by atoms with Crippen molar-refractivity contribution < 1.29 is 9.53 Å². The molecule has 0 radical (unpaired) electrons. The number of allylic oxidation sites excluding steroid dienone is 1. The highest BCUT2D eigenvalue weighted by atomic mass is 16.5. The fourth-order valence-corrected chi connectivity index (χ4v) is 1.56. The summed E-state index contributed by atoms with van der Waals surface area (Å²) in [5, 5.41) is 0. The first-order chi connectivity index (χ1) is 8.79. The van der Waals surface area contributed by atoms with Crippen LogP contribution in [0.25, 0.3) is 5.70 Å². The van der Waals surface area contributed by atoms with Crippen LogP contribution in [-0.2, 0) is 4.79 Å². The van der Waals surface area contributed by atoms with Crippen molar-refractivity contribution in [1.82, 2.24) is 9.55 Å². The van der Waals surface area contributed by atoms with Gasteiger partial charge in [-0.3, -0.25) is 0 Å². The SMILES string of the molecule is CCC(=CC(=O)Oc1ccccc1)n1ccnc1. The van der Waals surface area contributed by atoms with Gasteiger partial charge in [0.2, 0.25) is 0 Å². The molecule has 92 valence electrons. The van der Waals surface area contributed by atoms with Crippen LogP contribution in [0.1, 0.15) is 13.3 Å². The number of imidazole rings is 1. The lowest BCUT2D eigenvalue weighted by atomic mass is 10.3. The van der Waals surface area contributed by atoms with E-state index in [0.29, 0.717) is 5.75 Å². The second-order valence-electron chi connectivity index (χ2n) is 3.69. The summed E-state index contributed by atoms with van der Waals surface area (Å²) >= 11 is 0. The topological polar surface area (TPSA) is 44.1 Å². The molecule has 0 unspecified atom stereocenters. The number of hydrogen-bond acceptors (Lipinski definition) is 3. The van der Waals surface area contributed by atoms with Crippen LogP contribution in [0, 0.1) is 0 Å². The highest BCUT2D eigenvalue weighted by Gasteiger charge is 2.04. The van der Waals surface area contributed by atoms with Crippen molar-refractivity contribution in [2.45, 2.75) is 13.3 Å². The quantitative estimate of drug-likeness (QED) is 0.470. The van der Waals surface area contributed by atoms with Gasteiger partial charge in [-0.2, -0.15) is 0 Å². The van der Waals surface area contributed by atoms with E-state index in [1.54, 1.807) is 35.4 Å². The first kappa shape index (κ1) is 12.1. The Bertz CT molecular complexity index is 530. The zero-order valence-corrected chi connectivity index (χ0v) is 10.1. The van der Waals surface area contributed by atoms with Crippen molar-refractivity contribution in [1.29, 1.82) is 0 Å². The van der Waals surface area contributed by atoms with Gasteiger partial charge in [-0.05, 0) is 18.6 Å². The van der Waals surface area contributed by atoms with E-state index in [4.69, 9.17) is 4.74 Å². The van der Waals surface area contributed by atoms with Crippen molar-refractivity contribution in [3.63, 3.8) is 0 Å². The zero-order valence-electron chi connectivity index (χ0n) is 10.1. The van der Waals surface area contributed by atoms with Crippen LogP contribution < -0.4 is 4.74 Å². The van der Waals surface area contributed by atoms with Gasteiger partial charge >= 0.3 is 5.97 Å². The third-order valence-electron chi connectivity index (χ3n) is 2.44. The number of ether oxygens (including phenoxy) is 1. The van der Waals surface area contributed by atoms with Gasteiger partial charge in [0, 0.05) is 24.2 Å². The van der Waals surface area contributed by atoms with Crippen molar-refractivity contribution in [2.24, 2.45) is 0 Å². The maximum absolute atomic E-state index is 11.7. The Balaban J connectivity index is 2.10. The minimum Gasteiger partial charge on any atom is -0.423 e. The molecule has 18 heavy (non-hydrogen) atoms. The molecule has 1 aromatic heterocycles. The number of carbonyl (C=O) groups excluding carboxylic acids is 1. The molecule has 0 atom stereocenters. The molecule has 1 heterocycles. The van der Waals surface area contributed by atoms with Crippen molar-refractivity contribution in [3.8, 4) is 5.75 Å². The monoisotopic (exact) mass is 242 g/mol. The number of benzene rings is 1. The van der Waals surface area contributed by atoms with Crippen LogP contribution in [0.15, 0.2) is 55.1 Å². The number of rotatable bonds is 4. The molecule has 2 aromatic rings. The maximum atomic E-state index is 11.7. The Morgan fingerprint density at radius 3 is 2.78 bits per heavy atom. The highest BCUT2D eigenvalue weighted by molar-refractivity contribution is 5.89. The van der Waals surface area contributed by atoms with E-state index in [1.165, 1.54) is 6.08 Å². The largest absolute Gasteiger partial charge is 0.423 e. The van der Waals surface area contributed by atoms with Gasteiger partial charge in [0.25, 0.3) is 0 Å². The van der Waals surface area contributed by atoms with E-state index >= 15 is 0 Å². The molecule has 0 fully saturated rings. The van der Waals surface area contributed by atoms with Gasteiger partial charge in [0.05, 0.1) is 6.33 Å². The number of carbonyl (C=O) groups is 1. The Hall–Kier alpha value is -2.36. The molecule has 0 aliphatic carbocycles. The fraction of sp³-hybridized carbons (Fsp3) is 0.143. The molecule has 1 aromatic carbocycles. The van der Waals surface area contributed by atoms with Crippen LogP contribution in [0.4, 0.5) is 0 Å². The lowest BCUT2D eigenvalue weighted by Crippen LogP contribution is -2.06. The standard InChI is InChI=1S/C14H14N2O2/c1-2-12(16-9-8-15-11-16)10-14(17)18-13-6-4-3-5-7-13/h3-11H,2H2,1H3. The van der Waals surface area contributed by atoms with Crippen LogP contribution >= 0.6 is 0 Å². The molecular weight excluding hydrogens is 228 g/mol. The van der Waals surface area contributed by atoms with E-state index in [-0.39, 0.29) is 5.97 Å². The molecule has 0 aliphatic rings. The molecule has 0 aliphatic heterocycles. The first-order valence-electron chi connectivity index (χ1n) is 5.75. The molecular formula is C14H14N2O2. The summed E-state index contributed by atoms with van der Waals surface area (Å²) < 4.78 is 6.99. The summed E-state index contributed by atoms with van der Waals surface area (Å²) in [7, 11) is 0. The molecule has 2 rings (SSSR count). The summed E-state index contributed by atoms with van der Waals surface area (Å²) in [6, 6.07) is 9.01. The summed E-state index contributed by atoms with van der Waals surface area (Å²) in [5.74, 6) is 0.159. The Kier molecular flexibility index (Phi) is 3.91. The van der Waals surface area contributed by atoms with Gasteiger partial charge in [-0.1, -0.05) is 25.1 Å². The fourth-order valence-electron chi connectivity index (χ4n) is 1.56. The Morgan fingerprint density at radius 2 is 2.17 bits per heavy atom. The van der Waals surface area contributed by atoms with E-state index in [2.05, 4.69) is 4.98 Å². The first-order valence-corrected chi connectivity index (χ1v) is 5.75. The summed E-state index contributed by atoms with van der Waals surface area (Å²) in [6.45, 7) is 1.97. The highest BCUT2D eigenvalue weighted by Crippen LogP contribution is 2.12. The van der Waals surface area contributed by atoms with Gasteiger partial charge in [0.15, 0.2) is 0 Å². The molecule has 4 heteroatoms. The van der Waals surface area contributed by atoms with Crippen LogP contribution in [0.2, 0.25) is 0 Å². The maximum Gasteiger partial charge on any atom is 0.337 e. The minimum absolute atomic E-state index is 0.383. The van der Waals surface area contributed by atoms with Crippen molar-refractivity contribution in [3.05, 3.63) is 55.1 Å². The summed E-state index contributed by atoms with van der Waals surface area (Å²) in [5.41, 5.74) is 0.841. The predicted molar refractivity (Wildman–Crippen MR) is 68.9 cm³/mol. The van der Waals surface area contributed by atoms with E-state index < -0.39 is 0 Å². The Labute approximate surface area is 106 Å². The number of nitrogens with zero attached hydrogens (tertiary/aromatic N) is 2. The predicted octanol–water partition coefficient (Wildman–Crippen LogP) is 2.74. The molecule has 0 saturated heterocycles. The van der Waals surface area contributed by atoms with Crippen LogP contribution in [-0.4, -0.2) is 15.5 Å². The number of aromatic nitrogens is 2. The van der Waals surface area contributed by atoms with Gasteiger partial charge in [-0.25, -0.2) is 9.78 Å². The molecule has 4 nitrogen and oxygen atoms in total. The molecule has 0 bridgehead atoms. The lowest BCUT2D eigenvalue weighted by molar-refractivity contribution is -0.128. The number of para-hydroxylation sites is 1. The molecule has 0 N–H and O–H groups in total. The number of hydrogen-bond donors (Lipinski definition) is 0. The lowest BCUT2D eigenvalue weighted by Gasteiger charge is -2.05. The van der Waals surface area contributed by atoms with Gasteiger partial charge in [-0.15, -0.1) is 0 Å². The van der Waals surface area contributed by atoms with Crippen molar-refractivity contribution in [2.75, 3.05) is 0 Å². The Morgan fingerprint density at radius 1 is 1.39 bits per heavy atom. The van der Waals surface area contributed by atoms with Crippen LogP contribution in [0.3, 0.4) is 0 Å². The van der Waals surface area contributed by atoms with Gasteiger partial charge in [0.1, 0.15) is 5.75 Å². The van der Waals surface area contributed by atoms with E-state index in [9.17, 15) is 4.79 Å². The summed E-state index contributed by atoms with van der Waals surface area (Å²) in [4.78, 5) is 15.7. The third kappa shape index (κ3) is 3.07. The van der Waals surface area contributed by atoms with E-state index in [1.807, 2.05) is 25.1 Å². The molecule has 0 spiro atoms. The number of esters is 1. The average Bonchev–Trinajstić information content (AvgIpc) is 2.91. The molecule has 0 amide bonds. The smallest absolute Gasteiger partial charge is 0.337 e. The third-order valence-corrected chi connectivity index (χ3v) is 2.44. The summed E-state index contributed by atoms with van der Waals surface area (Å²) in [6.07, 6.45) is 7.33. The van der Waals surface area contributed by atoms with Gasteiger partial charge < -0.3 is 9.30 Å². The average molecular weight is 242 g/mol. The second-order valence-corrected chi connectivity index (χ2v) is 3.69. The van der Waals surface area contributed by atoms with Crippen molar-refractivity contribution >= 4 is 11.7 Å².